The molecule has 4 rings (SSSR count). The lowest BCUT2D eigenvalue weighted by atomic mass is 10.0. The Kier molecular flexibility index (Phi) is 7.21. The highest BCUT2D eigenvalue weighted by Crippen LogP contribution is 2.37. The smallest absolute Gasteiger partial charge is 0.364 e. The molecule has 35 heavy (non-hydrogen) atoms. The molecule has 4 aromatic rings. The number of rotatable bonds is 8. The molecule has 2 aromatic heterocycles. The highest BCUT2D eigenvalue weighted by atomic mass is 19.4. The molecule has 182 valence electrons. The lowest BCUT2D eigenvalue weighted by Crippen LogP contribution is -2.08. The quantitative estimate of drug-likeness (QED) is 0.314. The van der Waals surface area contributed by atoms with Crippen LogP contribution in [0.15, 0.2) is 72.9 Å². The number of nitrogens with zero attached hydrogens (tertiary/aromatic N) is 3. The van der Waals surface area contributed by atoms with Crippen LogP contribution in [0.4, 0.5) is 19.0 Å². The Bertz CT molecular complexity index is 1280. The van der Waals surface area contributed by atoms with Gasteiger partial charge in [0.2, 0.25) is 0 Å². The van der Waals surface area contributed by atoms with Crippen LogP contribution in [0.2, 0.25) is 0 Å². The number of nitrogens with two attached hydrogens (primary N) is 1. The number of alkyl halides is 3. The monoisotopic (exact) mass is 479 g/mol. The Morgan fingerprint density at radius 3 is 2.49 bits per heavy atom. The highest BCUT2D eigenvalue weighted by Gasteiger charge is 2.31. The second-order valence-corrected chi connectivity index (χ2v) is 8.46. The lowest BCUT2D eigenvalue weighted by Gasteiger charge is -2.16. The van der Waals surface area contributed by atoms with Crippen LogP contribution in [-0.2, 0) is 19.6 Å². The molecule has 1 atom stereocenters. The average Bonchev–Trinajstić information content (AvgIpc) is 3.19. The summed E-state index contributed by atoms with van der Waals surface area (Å²) >= 11 is 0. The van der Waals surface area contributed by atoms with Gasteiger partial charge in [0.05, 0.1) is 17.0 Å². The fourth-order valence-corrected chi connectivity index (χ4v) is 4.11. The van der Waals surface area contributed by atoms with Gasteiger partial charge in [-0.1, -0.05) is 42.5 Å². The van der Waals surface area contributed by atoms with Gasteiger partial charge in [0.15, 0.2) is 0 Å². The number of nitrogens with one attached hydrogen (secondary N) is 1. The molecule has 0 spiro atoms. The summed E-state index contributed by atoms with van der Waals surface area (Å²) in [5.41, 5.74) is 8.56. The SMILES string of the molecule is CC(Nc1cc(-c2c(-c3cccc(C(F)(F)F)c3)nc(CCCN)n2C)ccn1)c1ccccc1. The highest BCUT2D eigenvalue weighted by molar-refractivity contribution is 5.80. The molecule has 0 amide bonds. The molecule has 8 heteroatoms. The Hall–Kier alpha value is -3.65. The summed E-state index contributed by atoms with van der Waals surface area (Å²) in [6.45, 7) is 2.55. The number of anilines is 1. The fraction of sp³-hybridized carbons (Fsp3) is 0.259. The van der Waals surface area contributed by atoms with Gasteiger partial charge in [-0.05, 0) is 49.7 Å². The molecule has 1 unspecified atom stereocenters. The van der Waals surface area contributed by atoms with E-state index in [0.29, 0.717) is 30.0 Å². The number of imidazole rings is 1. The minimum atomic E-state index is -4.44. The van der Waals surface area contributed by atoms with Crippen molar-refractivity contribution in [1.82, 2.24) is 14.5 Å². The first-order valence-electron chi connectivity index (χ1n) is 11.5. The number of halogens is 3. The van der Waals surface area contributed by atoms with Gasteiger partial charge in [0.1, 0.15) is 11.6 Å². The number of benzene rings is 2. The van der Waals surface area contributed by atoms with E-state index in [1.807, 2.05) is 61.0 Å². The van der Waals surface area contributed by atoms with E-state index in [2.05, 4.69) is 10.3 Å². The largest absolute Gasteiger partial charge is 0.416 e. The third-order valence-electron chi connectivity index (χ3n) is 5.95. The van der Waals surface area contributed by atoms with E-state index >= 15 is 0 Å². The first kappa shape index (κ1) is 24.5. The molecule has 0 radical (unpaired) electrons. The number of hydrogen-bond acceptors (Lipinski definition) is 4. The second-order valence-electron chi connectivity index (χ2n) is 8.46. The molecule has 5 nitrogen and oxygen atoms in total. The third-order valence-corrected chi connectivity index (χ3v) is 5.95. The third kappa shape index (κ3) is 5.54. The van der Waals surface area contributed by atoms with Gasteiger partial charge in [0, 0.05) is 36.8 Å². The molecule has 2 aromatic carbocycles. The van der Waals surface area contributed by atoms with Crippen molar-refractivity contribution in [3.8, 4) is 22.5 Å². The van der Waals surface area contributed by atoms with E-state index in [1.165, 1.54) is 6.07 Å². The van der Waals surface area contributed by atoms with Gasteiger partial charge >= 0.3 is 6.18 Å². The summed E-state index contributed by atoms with van der Waals surface area (Å²) in [5, 5.41) is 3.41. The van der Waals surface area contributed by atoms with Crippen LogP contribution < -0.4 is 11.1 Å². The number of pyridine rings is 1. The molecule has 0 saturated carbocycles. The van der Waals surface area contributed by atoms with Crippen molar-refractivity contribution in [2.24, 2.45) is 12.8 Å². The molecule has 0 fully saturated rings. The standard InChI is InChI=1S/C27H28F3N5/c1-18(19-8-4-3-5-9-19)33-23-17-21(13-15-32-23)26-25(34-24(35(26)2)12-7-14-31)20-10-6-11-22(16-20)27(28,29)30/h3-6,8-11,13,15-18H,7,12,14,31H2,1-2H3,(H,32,33). The van der Waals surface area contributed by atoms with E-state index in [1.54, 1.807) is 12.3 Å². The van der Waals surface area contributed by atoms with Crippen LogP contribution in [0, 0.1) is 0 Å². The Labute approximate surface area is 202 Å². The summed E-state index contributed by atoms with van der Waals surface area (Å²) in [6, 6.07) is 19.1. The zero-order valence-corrected chi connectivity index (χ0v) is 19.7. The van der Waals surface area contributed by atoms with E-state index in [-0.39, 0.29) is 6.04 Å². The van der Waals surface area contributed by atoms with Gasteiger partial charge in [-0.2, -0.15) is 13.2 Å². The van der Waals surface area contributed by atoms with Crippen LogP contribution in [0.25, 0.3) is 22.5 Å². The van der Waals surface area contributed by atoms with E-state index in [4.69, 9.17) is 10.7 Å². The van der Waals surface area contributed by atoms with Gasteiger partial charge in [-0.15, -0.1) is 0 Å². The molecule has 0 bridgehead atoms. The number of hydrogen-bond donors (Lipinski definition) is 2. The van der Waals surface area contributed by atoms with Crippen molar-refractivity contribution < 1.29 is 13.2 Å². The van der Waals surface area contributed by atoms with Gasteiger partial charge in [-0.25, -0.2) is 9.97 Å². The molecular formula is C27H28F3N5. The zero-order chi connectivity index (χ0) is 25.0. The fourth-order valence-electron chi connectivity index (χ4n) is 4.11. The molecule has 0 aliphatic heterocycles. The topological polar surface area (TPSA) is 68.8 Å². The summed E-state index contributed by atoms with van der Waals surface area (Å²) in [5.74, 6) is 1.43. The number of aromatic nitrogens is 3. The molecule has 2 heterocycles. The maximum Gasteiger partial charge on any atom is 0.416 e. The maximum atomic E-state index is 13.4. The summed E-state index contributed by atoms with van der Waals surface area (Å²) in [4.78, 5) is 9.21. The Morgan fingerprint density at radius 1 is 1.00 bits per heavy atom. The van der Waals surface area contributed by atoms with Gasteiger partial charge in [-0.3, -0.25) is 0 Å². The zero-order valence-electron chi connectivity index (χ0n) is 19.7. The summed E-state index contributed by atoms with van der Waals surface area (Å²) < 4.78 is 42.2. The van der Waals surface area contributed by atoms with Gasteiger partial charge < -0.3 is 15.6 Å². The van der Waals surface area contributed by atoms with E-state index in [0.717, 1.165) is 41.2 Å². The van der Waals surface area contributed by atoms with E-state index < -0.39 is 11.7 Å². The second kappa shape index (κ2) is 10.3. The summed E-state index contributed by atoms with van der Waals surface area (Å²) in [7, 11) is 1.88. The van der Waals surface area contributed by atoms with Crippen molar-refractivity contribution >= 4 is 5.82 Å². The Morgan fingerprint density at radius 2 is 1.77 bits per heavy atom. The van der Waals surface area contributed by atoms with Crippen molar-refractivity contribution in [3.63, 3.8) is 0 Å². The Balaban J connectivity index is 1.77. The van der Waals surface area contributed by atoms with Crippen LogP contribution in [-0.4, -0.2) is 21.1 Å². The first-order valence-corrected chi connectivity index (χ1v) is 11.5. The van der Waals surface area contributed by atoms with Crippen molar-refractivity contribution in [1.29, 1.82) is 0 Å². The molecular weight excluding hydrogens is 451 g/mol. The molecule has 3 N–H and O–H groups in total. The van der Waals surface area contributed by atoms with Crippen molar-refractivity contribution in [2.45, 2.75) is 32.0 Å². The van der Waals surface area contributed by atoms with Crippen molar-refractivity contribution in [2.75, 3.05) is 11.9 Å². The predicted molar refractivity (Wildman–Crippen MR) is 133 cm³/mol. The first-order chi connectivity index (χ1) is 16.8. The van der Waals surface area contributed by atoms with E-state index in [9.17, 15) is 13.2 Å². The average molecular weight is 480 g/mol. The minimum Gasteiger partial charge on any atom is -0.364 e. The van der Waals surface area contributed by atoms with Crippen LogP contribution >= 0.6 is 0 Å². The molecule has 0 aliphatic rings. The van der Waals surface area contributed by atoms with Crippen LogP contribution in [0.5, 0.6) is 0 Å². The summed E-state index contributed by atoms with van der Waals surface area (Å²) in [6.07, 6.45) is -1.39. The normalized spacial score (nSPS) is 12.5. The lowest BCUT2D eigenvalue weighted by molar-refractivity contribution is -0.137. The molecule has 0 saturated heterocycles. The predicted octanol–water partition coefficient (Wildman–Crippen LogP) is 6.23. The number of aryl methyl sites for hydroxylation is 1. The van der Waals surface area contributed by atoms with Crippen molar-refractivity contribution in [3.05, 3.63) is 89.9 Å². The van der Waals surface area contributed by atoms with Crippen LogP contribution in [0.3, 0.4) is 0 Å². The minimum absolute atomic E-state index is 0.0218. The molecule has 0 aliphatic carbocycles. The van der Waals surface area contributed by atoms with Gasteiger partial charge in [0.25, 0.3) is 0 Å². The maximum absolute atomic E-state index is 13.4. The van der Waals surface area contributed by atoms with Crippen LogP contribution in [0.1, 0.15) is 36.3 Å².